The van der Waals surface area contributed by atoms with E-state index in [1.54, 1.807) is 18.1 Å². The van der Waals surface area contributed by atoms with E-state index in [0.717, 1.165) is 17.5 Å². The molecule has 10 nitrogen and oxygen atoms in total. The highest BCUT2D eigenvalue weighted by Gasteiger charge is 2.41. The molecule has 2 heterocycles. The van der Waals surface area contributed by atoms with Crippen LogP contribution in [0.5, 0.6) is 5.75 Å². The molecule has 0 spiro atoms. The number of nitrogens with one attached hydrogen (secondary N) is 4. The second-order valence-corrected chi connectivity index (χ2v) is 11.4. The van der Waals surface area contributed by atoms with Gasteiger partial charge in [-0.1, -0.05) is 39.0 Å². The van der Waals surface area contributed by atoms with Crippen LogP contribution in [0.15, 0.2) is 48.8 Å². The summed E-state index contributed by atoms with van der Waals surface area (Å²) in [6.45, 7) is 9.37. The summed E-state index contributed by atoms with van der Waals surface area (Å²) >= 11 is 0. The number of amides is 2. The molecule has 1 aliphatic heterocycles. The van der Waals surface area contributed by atoms with Gasteiger partial charge < -0.3 is 30.9 Å². The molecule has 1 aromatic heterocycles. The molecule has 1 saturated heterocycles. The number of likely N-dealkylation sites (N-methyl/N-ethyl adjacent to an activating group) is 1. The molecule has 40 heavy (non-hydrogen) atoms. The van der Waals surface area contributed by atoms with Crippen molar-refractivity contribution in [3.05, 3.63) is 48.8 Å². The Balaban J connectivity index is 1.58. The zero-order valence-corrected chi connectivity index (χ0v) is 24.2. The summed E-state index contributed by atoms with van der Waals surface area (Å²) < 4.78 is 5.61. The minimum atomic E-state index is -0.574. The second-order valence-electron chi connectivity index (χ2n) is 11.4. The highest BCUT2D eigenvalue weighted by molar-refractivity contribution is 6.02. The van der Waals surface area contributed by atoms with Gasteiger partial charge in [-0.25, -0.2) is 9.97 Å². The first-order valence-electron chi connectivity index (χ1n) is 13.8. The molecule has 0 unspecified atom stereocenters. The fourth-order valence-electron chi connectivity index (χ4n) is 4.95. The number of methoxy groups -OCH3 is 1. The van der Waals surface area contributed by atoms with Crippen molar-refractivity contribution in [1.29, 1.82) is 0 Å². The van der Waals surface area contributed by atoms with Crippen LogP contribution >= 0.6 is 0 Å². The normalized spacial score (nSPS) is 16.9. The van der Waals surface area contributed by atoms with Crippen LogP contribution in [0.3, 0.4) is 0 Å². The number of anilines is 3. The van der Waals surface area contributed by atoms with Crippen LogP contribution < -0.4 is 26.0 Å². The average Bonchev–Trinajstić information content (AvgIpc) is 3.43. The maximum absolute atomic E-state index is 13.8. The summed E-state index contributed by atoms with van der Waals surface area (Å²) in [6, 6.07) is 12.5. The zero-order valence-electron chi connectivity index (χ0n) is 24.2. The third-order valence-electron chi connectivity index (χ3n) is 7.32. The van der Waals surface area contributed by atoms with Gasteiger partial charge in [-0.3, -0.25) is 9.59 Å². The van der Waals surface area contributed by atoms with Crippen LogP contribution in [0.25, 0.3) is 10.9 Å². The molecule has 0 bridgehead atoms. The van der Waals surface area contributed by atoms with Gasteiger partial charge in [-0.05, 0) is 50.4 Å². The van der Waals surface area contributed by atoms with Crippen molar-refractivity contribution < 1.29 is 14.3 Å². The van der Waals surface area contributed by atoms with Gasteiger partial charge in [0.05, 0.1) is 24.4 Å². The lowest BCUT2D eigenvalue weighted by Gasteiger charge is -2.36. The van der Waals surface area contributed by atoms with Gasteiger partial charge in [-0.15, -0.1) is 0 Å². The van der Waals surface area contributed by atoms with Crippen LogP contribution in [-0.4, -0.2) is 72.1 Å². The number of para-hydroxylation sites is 1. The molecule has 214 valence electrons. The van der Waals surface area contributed by atoms with Crippen LogP contribution in [-0.2, 0) is 9.59 Å². The summed E-state index contributed by atoms with van der Waals surface area (Å²) in [7, 11) is 3.45. The average molecular weight is 548 g/mol. The van der Waals surface area contributed by atoms with Crippen molar-refractivity contribution in [1.82, 2.24) is 25.5 Å². The standard InChI is InChI=1S/C30H41N7O3/c1-19(31-5)17-32-26(30(2,3)4)29(39)37-14-10-13-24(37)28(38)36-23-15-21-22(16-25(23)40-6)33-18-34-27(21)35-20-11-8-7-9-12-20/h7-9,11-12,15-16,18-19,24,26,31-32H,10,13-14,17H2,1-6H3,(H,36,38)(H,33,34,35)/t19-,24-,26+/m0/s1. The lowest BCUT2D eigenvalue weighted by Crippen LogP contribution is -2.57. The molecule has 3 aromatic rings. The molecular formula is C30H41N7O3. The van der Waals surface area contributed by atoms with E-state index in [-0.39, 0.29) is 23.3 Å². The Morgan fingerprint density at radius 1 is 1.15 bits per heavy atom. The second kappa shape index (κ2) is 12.6. The summed E-state index contributed by atoms with van der Waals surface area (Å²) in [4.78, 5) is 38.0. The smallest absolute Gasteiger partial charge is 0.247 e. The number of hydrogen-bond donors (Lipinski definition) is 4. The van der Waals surface area contributed by atoms with Gasteiger partial charge in [0.1, 0.15) is 23.9 Å². The predicted molar refractivity (Wildman–Crippen MR) is 159 cm³/mol. The molecule has 2 aromatic carbocycles. The Morgan fingerprint density at radius 2 is 1.90 bits per heavy atom. The van der Waals surface area contributed by atoms with E-state index in [9.17, 15) is 9.59 Å². The number of likely N-dealkylation sites (tertiary alicyclic amines) is 1. The van der Waals surface area contributed by atoms with Crippen molar-refractivity contribution in [2.75, 3.05) is 37.9 Å². The van der Waals surface area contributed by atoms with Gasteiger partial charge in [0, 0.05) is 36.3 Å². The minimum Gasteiger partial charge on any atom is -0.494 e. The highest BCUT2D eigenvalue weighted by atomic mass is 16.5. The molecule has 3 atom stereocenters. The van der Waals surface area contributed by atoms with E-state index < -0.39 is 12.1 Å². The molecule has 0 aliphatic carbocycles. The van der Waals surface area contributed by atoms with Crippen molar-refractivity contribution in [3.63, 3.8) is 0 Å². The zero-order chi connectivity index (χ0) is 28.9. The first-order valence-corrected chi connectivity index (χ1v) is 13.8. The predicted octanol–water partition coefficient (Wildman–Crippen LogP) is 3.92. The Hall–Kier alpha value is -3.76. The fraction of sp³-hybridized carbons (Fsp3) is 0.467. The fourth-order valence-corrected chi connectivity index (χ4v) is 4.95. The molecule has 4 rings (SSSR count). The largest absolute Gasteiger partial charge is 0.494 e. The van der Waals surface area contributed by atoms with E-state index in [1.807, 2.05) is 64.2 Å². The van der Waals surface area contributed by atoms with E-state index in [0.29, 0.717) is 42.3 Å². The summed E-state index contributed by atoms with van der Waals surface area (Å²) in [6.07, 6.45) is 2.85. The molecule has 2 amide bonds. The summed E-state index contributed by atoms with van der Waals surface area (Å²) in [5.41, 5.74) is 1.74. The van der Waals surface area contributed by atoms with Gasteiger partial charge >= 0.3 is 0 Å². The van der Waals surface area contributed by atoms with Crippen molar-refractivity contribution in [2.24, 2.45) is 5.41 Å². The molecule has 1 aliphatic rings. The Labute approximate surface area is 236 Å². The van der Waals surface area contributed by atoms with E-state index in [4.69, 9.17) is 4.74 Å². The Kier molecular flexibility index (Phi) is 9.21. The van der Waals surface area contributed by atoms with E-state index >= 15 is 0 Å². The number of fused-ring (bicyclic) bond motifs is 1. The van der Waals surface area contributed by atoms with Gasteiger partial charge in [0.15, 0.2) is 0 Å². The number of hydrogen-bond acceptors (Lipinski definition) is 8. The molecule has 1 fully saturated rings. The van der Waals surface area contributed by atoms with Crippen LogP contribution in [0.1, 0.15) is 40.5 Å². The van der Waals surface area contributed by atoms with Crippen LogP contribution in [0, 0.1) is 5.41 Å². The minimum absolute atomic E-state index is 0.0540. The number of carbonyl (C=O) groups excluding carboxylic acids is 2. The van der Waals surface area contributed by atoms with Crippen LogP contribution in [0.2, 0.25) is 0 Å². The lowest BCUT2D eigenvalue weighted by molar-refractivity contribution is -0.140. The third kappa shape index (κ3) is 6.68. The maximum Gasteiger partial charge on any atom is 0.247 e. The Morgan fingerprint density at radius 3 is 2.58 bits per heavy atom. The number of nitrogens with zero attached hydrogens (tertiary/aromatic N) is 3. The third-order valence-corrected chi connectivity index (χ3v) is 7.32. The van der Waals surface area contributed by atoms with Gasteiger partial charge in [-0.2, -0.15) is 0 Å². The SMILES string of the molecule is CN[C@@H](C)CN[C@H](C(=O)N1CCC[C@H]1C(=O)Nc1cc2c(Nc3ccccc3)ncnc2cc1OC)C(C)(C)C. The van der Waals surface area contributed by atoms with Crippen molar-refractivity contribution in [3.8, 4) is 5.75 Å². The molecule has 10 heteroatoms. The first kappa shape index (κ1) is 29.2. The molecule has 0 saturated carbocycles. The van der Waals surface area contributed by atoms with Gasteiger partial charge in [0.25, 0.3) is 0 Å². The summed E-state index contributed by atoms with van der Waals surface area (Å²) in [5.74, 6) is 0.800. The number of rotatable bonds is 10. The Bertz CT molecular complexity index is 1330. The monoisotopic (exact) mass is 547 g/mol. The van der Waals surface area contributed by atoms with E-state index in [2.05, 4.69) is 38.2 Å². The van der Waals surface area contributed by atoms with E-state index in [1.165, 1.54) is 6.33 Å². The van der Waals surface area contributed by atoms with Crippen LogP contribution in [0.4, 0.5) is 17.2 Å². The number of aromatic nitrogens is 2. The molecular weight excluding hydrogens is 506 g/mol. The van der Waals surface area contributed by atoms with Crippen molar-refractivity contribution >= 4 is 39.9 Å². The summed E-state index contributed by atoms with van der Waals surface area (Å²) in [5, 5.41) is 13.7. The highest BCUT2D eigenvalue weighted by Crippen LogP contribution is 2.34. The van der Waals surface area contributed by atoms with Crippen molar-refractivity contribution in [2.45, 2.75) is 58.7 Å². The number of ether oxygens (including phenoxy) is 1. The molecule has 0 radical (unpaired) electrons. The van der Waals surface area contributed by atoms with Gasteiger partial charge in [0.2, 0.25) is 11.8 Å². The maximum atomic E-state index is 13.8. The number of carbonyl (C=O) groups is 2. The quantitative estimate of drug-likeness (QED) is 0.301. The topological polar surface area (TPSA) is 121 Å². The number of benzene rings is 2. The lowest BCUT2D eigenvalue weighted by atomic mass is 9.85. The molecule has 4 N–H and O–H groups in total. The first-order chi connectivity index (χ1) is 19.1.